The Balaban J connectivity index is 1.35. The maximum absolute atomic E-state index is 14.2. The van der Waals surface area contributed by atoms with Crippen molar-refractivity contribution in [1.29, 1.82) is 0 Å². The molecule has 1 unspecified atom stereocenters. The average molecular weight is 1200 g/mol. The van der Waals surface area contributed by atoms with Crippen LogP contribution in [0, 0.1) is 17.3 Å². The maximum atomic E-state index is 14.2. The Bertz CT molecular complexity index is 3110. The number of carbonyl (C=O) groups is 9. The number of carboxylic acid groups (broad SMARTS) is 2. The van der Waals surface area contributed by atoms with Crippen molar-refractivity contribution >= 4 is 70.9 Å². The highest BCUT2D eigenvalue weighted by Gasteiger charge is 2.42. The van der Waals surface area contributed by atoms with Crippen molar-refractivity contribution in [1.82, 2.24) is 31.5 Å². The van der Waals surface area contributed by atoms with Gasteiger partial charge in [0.15, 0.2) is 0 Å². The number of carbonyl (C=O) groups excluding carboxylic acids is 7. The summed E-state index contributed by atoms with van der Waals surface area (Å²) in [5.41, 5.74) is 4.31. The molecule has 4 rings (SSSR count). The molecule has 0 spiro atoms. The number of ether oxygens (including phenoxy) is 1. The molecule has 0 aliphatic rings. The number of nitrogens with zero attached hydrogens (tertiary/aromatic N) is 2. The molecule has 470 valence electrons. The van der Waals surface area contributed by atoms with E-state index in [4.69, 9.17) is 4.74 Å². The number of likely N-dealkylation sites (N-methyl/N-ethyl adjacent to an activating group) is 2. The fourth-order valence-electron chi connectivity index (χ4n) is 10.0. The third-order valence-corrected chi connectivity index (χ3v) is 15.3. The number of alkyl carbamates (subject to hydrolysis) is 1. The molecule has 20 heteroatoms. The zero-order chi connectivity index (χ0) is 64.9. The Hall–Kier alpha value is -8.65. The van der Waals surface area contributed by atoms with E-state index in [2.05, 4.69) is 38.5 Å². The van der Waals surface area contributed by atoms with Crippen LogP contribution in [0.3, 0.4) is 0 Å². The maximum Gasteiger partial charge on any atom is 0.407 e. The summed E-state index contributed by atoms with van der Waals surface area (Å²) in [5, 5.41) is 36.0. The van der Waals surface area contributed by atoms with Gasteiger partial charge in [-0.1, -0.05) is 167 Å². The second-order valence-electron chi connectivity index (χ2n) is 24.1. The molecule has 5 atom stereocenters. The molecule has 20 nitrogen and oxygen atoms in total. The predicted molar refractivity (Wildman–Crippen MR) is 337 cm³/mol. The van der Waals surface area contributed by atoms with Crippen molar-refractivity contribution in [3.05, 3.63) is 149 Å². The lowest BCUT2D eigenvalue weighted by molar-refractivity contribution is -0.141. The number of aliphatic carboxylic acids is 2. The van der Waals surface area contributed by atoms with E-state index in [-0.39, 0.29) is 62.3 Å². The Morgan fingerprint density at radius 1 is 0.713 bits per heavy atom. The van der Waals surface area contributed by atoms with Crippen LogP contribution < -0.4 is 36.8 Å². The standard InChI is InChI=1S/C67H90N8O12/c1-15-46-23-17-18-25-48(46)39-75(52-27-20-19-24-47(52)16-2)55(77)34-33-54(76)72-57(42(5)6)61(81)71-51(32-35-56(78)79)60(80)70-50-30-28-44(29-31-50)40-87-65(86)69-38-45-22-21-26-49(37-45)67(11,12)58(68-13)62(82)73-59(66(8,9)10)63(83)74(14)53(41(3)4)36-43(7)64(84)85/h15,17-31,36-37,41-42,51,53,57-59,68H,1,16,32-35,38-40H2,2-14H3,(H,69,86)(H,70,80)(H,71,81)(H,72,76)(H,73,82)(H,78,79)(H,84,85)/b43-36+/t51-,53+,57-,58?,59+/m0/s1. The van der Waals surface area contributed by atoms with Crippen LogP contribution >= 0.6 is 0 Å². The molecule has 0 radical (unpaired) electrons. The molecule has 0 saturated heterocycles. The summed E-state index contributed by atoms with van der Waals surface area (Å²) in [5.74, 6) is -5.94. The van der Waals surface area contributed by atoms with Crippen molar-refractivity contribution in [2.45, 2.75) is 164 Å². The molecule has 87 heavy (non-hydrogen) atoms. The quantitative estimate of drug-likeness (QED) is 0.0219. The Labute approximate surface area is 512 Å². The van der Waals surface area contributed by atoms with Gasteiger partial charge in [-0.15, -0.1) is 0 Å². The van der Waals surface area contributed by atoms with Gasteiger partial charge in [-0.2, -0.15) is 0 Å². The first-order valence-electron chi connectivity index (χ1n) is 29.4. The van der Waals surface area contributed by atoms with Gasteiger partial charge in [0.2, 0.25) is 35.4 Å². The molecule has 0 aromatic heterocycles. The number of hydrogen-bond donors (Lipinski definition) is 8. The summed E-state index contributed by atoms with van der Waals surface area (Å²) >= 11 is 0. The number of hydrogen-bond acceptors (Lipinski definition) is 11. The summed E-state index contributed by atoms with van der Waals surface area (Å²) in [6.45, 7) is 24.1. The first kappa shape index (κ1) is 70.8. The van der Waals surface area contributed by atoms with Crippen LogP contribution in [-0.2, 0) is 74.6 Å². The van der Waals surface area contributed by atoms with Crippen molar-refractivity contribution in [2.75, 3.05) is 24.3 Å². The van der Waals surface area contributed by atoms with Gasteiger partial charge in [0.1, 0.15) is 24.7 Å². The number of benzene rings is 4. The lowest BCUT2D eigenvalue weighted by Crippen LogP contribution is -2.61. The average Bonchev–Trinajstić information content (AvgIpc) is 1.91. The van der Waals surface area contributed by atoms with Gasteiger partial charge in [0, 0.05) is 55.2 Å². The second kappa shape index (κ2) is 32.7. The highest BCUT2D eigenvalue weighted by Crippen LogP contribution is 2.31. The van der Waals surface area contributed by atoms with E-state index in [0.717, 1.165) is 27.9 Å². The molecule has 7 amide bonds. The third kappa shape index (κ3) is 20.8. The molecule has 0 heterocycles. The van der Waals surface area contributed by atoms with Crippen molar-refractivity contribution < 1.29 is 58.1 Å². The molecular formula is C67H90N8O12. The first-order valence-corrected chi connectivity index (χ1v) is 29.4. The van der Waals surface area contributed by atoms with Crippen LogP contribution in [0.5, 0.6) is 0 Å². The van der Waals surface area contributed by atoms with Crippen LogP contribution in [0.1, 0.15) is 135 Å². The summed E-state index contributed by atoms with van der Waals surface area (Å²) in [6.07, 6.45) is 2.10. The highest BCUT2D eigenvalue weighted by molar-refractivity contribution is 6.00. The van der Waals surface area contributed by atoms with Gasteiger partial charge in [-0.05, 0) is 95.6 Å². The molecule has 4 aromatic rings. The Morgan fingerprint density at radius 3 is 1.94 bits per heavy atom. The van der Waals surface area contributed by atoms with E-state index in [1.807, 2.05) is 128 Å². The van der Waals surface area contributed by atoms with E-state index in [1.54, 1.807) is 69.3 Å². The van der Waals surface area contributed by atoms with Gasteiger partial charge in [-0.3, -0.25) is 33.6 Å². The zero-order valence-corrected chi connectivity index (χ0v) is 52.7. The van der Waals surface area contributed by atoms with Gasteiger partial charge in [0.05, 0.1) is 18.6 Å². The molecule has 0 aliphatic heterocycles. The largest absolute Gasteiger partial charge is 0.481 e. The minimum Gasteiger partial charge on any atom is -0.481 e. The fourth-order valence-corrected chi connectivity index (χ4v) is 10.0. The lowest BCUT2D eigenvalue weighted by atomic mass is 9.76. The number of nitrogens with one attached hydrogen (secondary N) is 6. The third-order valence-electron chi connectivity index (χ3n) is 15.3. The molecule has 8 N–H and O–H groups in total. The smallest absolute Gasteiger partial charge is 0.407 e. The van der Waals surface area contributed by atoms with Crippen molar-refractivity contribution in [3.63, 3.8) is 0 Å². The van der Waals surface area contributed by atoms with Crippen LogP contribution in [-0.4, -0.2) is 113 Å². The number of aryl methyl sites for hydroxylation is 1. The normalized spacial score (nSPS) is 13.4. The minimum absolute atomic E-state index is 0.0791. The molecule has 0 fully saturated rings. The van der Waals surface area contributed by atoms with Crippen molar-refractivity contribution in [2.24, 2.45) is 17.3 Å². The van der Waals surface area contributed by atoms with Crippen LogP contribution in [0.4, 0.5) is 16.2 Å². The zero-order valence-electron chi connectivity index (χ0n) is 52.7. The fraction of sp³-hybridized carbons (Fsp3) is 0.448. The van der Waals surface area contributed by atoms with E-state index in [0.29, 0.717) is 23.2 Å². The van der Waals surface area contributed by atoms with Crippen molar-refractivity contribution in [3.8, 4) is 0 Å². The molecule has 4 aromatic carbocycles. The van der Waals surface area contributed by atoms with Crippen LogP contribution in [0.2, 0.25) is 0 Å². The Morgan fingerprint density at radius 2 is 1.36 bits per heavy atom. The number of rotatable bonds is 31. The Kier molecular flexibility index (Phi) is 26.7. The van der Waals surface area contributed by atoms with E-state index in [9.17, 15) is 53.4 Å². The SMILES string of the molecule is C=Cc1ccccc1CN(C(=O)CCC(=O)N[C@H](C(=O)N[C@@H](CCC(=O)O)C(=O)Nc1ccc(COC(=O)NCc2cccc(C(C)(C)C(NC)C(=O)N[C@H](C(=O)N(C)[C@H](/C=C(\C)C(=O)O)C(C)C)C(C)(C)C)c2)cc1)C(C)C)c1ccccc1CC. The van der Waals surface area contributed by atoms with Gasteiger partial charge >= 0.3 is 18.0 Å². The lowest BCUT2D eigenvalue weighted by Gasteiger charge is -2.40. The first-order chi connectivity index (χ1) is 40.9. The van der Waals surface area contributed by atoms with E-state index in [1.165, 1.54) is 11.8 Å². The summed E-state index contributed by atoms with van der Waals surface area (Å²) < 4.78 is 5.50. The van der Waals surface area contributed by atoms with Gasteiger partial charge in [-0.25, -0.2) is 9.59 Å². The molecular weight excluding hydrogens is 1110 g/mol. The summed E-state index contributed by atoms with van der Waals surface area (Å²) in [7, 11) is 3.27. The van der Waals surface area contributed by atoms with E-state index < -0.39 is 95.0 Å². The van der Waals surface area contributed by atoms with Crippen LogP contribution in [0.25, 0.3) is 6.08 Å². The van der Waals surface area contributed by atoms with E-state index >= 15 is 0 Å². The van der Waals surface area contributed by atoms with Gasteiger partial charge < -0.3 is 56.7 Å². The number of carboxylic acids is 2. The molecule has 0 saturated carbocycles. The number of anilines is 2. The summed E-state index contributed by atoms with van der Waals surface area (Å²) in [6, 6.07) is 24.1. The highest BCUT2D eigenvalue weighted by atomic mass is 16.5. The van der Waals surface area contributed by atoms with Gasteiger partial charge in [0.25, 0.3) is 0 Å². The minimum atomic E-state index is -1.32. The predicted octanol–water partition coefficient (Wildman–Crippen LogP) is 8.67. The second-order valence-corrected chi connectivity index (χ2v) is 24.1. The monoisotopic (exact) mass is 1200 g/mol. The number of amides is 7. The number of para-hydroxylation sites is 1. The van der Waals surface area contributed by atoms with Crippen LogP contribution in [0.15, 0.2) is 115 Å². The molecule has 0 aliphatic carbocycles. The summed E-state index contributed by atoms with van der Waals surface area (Å²) in [4.78, 5) is 123. The topological polar surface area (TPSA) is 282 Å². The molecule has 0 bridgehead atoms.